The molecule has 3 heterocycles. The van der Waals surface area contributed by atoms with E-state index in [1.54, 1.807) is 7.11 Å². The van der Waals surface area contributed by atoms with Gasteiger partial charge in [0.05, 0.1) is 18.8 Å². The lowest BCUT2D eigenvalue weighted by Crippen LogP contribution is -2.51. The summed E-state index contributed by atoms with van der Waals surface area (Å²) in [6.07, 6.45) is 10.3. The maximum absolute atomic E-state index is 11.9. The number of aromatic nitrogens is 1. The Bertz CT molecular complexity index is 725. The lowest BCUT2D eigenvalue weighted by molar-refractivity contribution is 0.0509. The van der Waals surface area contributed by atoms with Crippen LogP contribution >= 0.6 is 0 Å². The van der Waals surface area contributed by atoms with Crippen molar-refractivity contribution >= 4 is 5.97 Å². The highest BCUT2D eigenvalue weighted by atomic mass is 16.5. The number of rotatable bonds is 2. The lowest BCUT2D eigenvalue weighted by Gasteiger charge is -2.48. The average molecular weight is 312 g/mol. The van der Waals surface area contributed by atoms with Crippen molar-refractivity contribution in [1.82, 2.24) is 9.88 Å². The number of ether oxygens (including phenoxy) is 2. The zero-order valence-electron chi connectivity index (χ0n) is 13.4. The van der Waals surface area contributed by atoms with Gasteiger partial charge < -0.3 is 9.47 Å². The number of nitrogens with zero attached hydrogens (tertiary/aromatic N) is 2. The van der Waals surface area contributed by atoms with E-state index in [2.05, 4.69) is 28.1 Å². The first kappa shape index (κ1) is 14.6. The second kappa shape index (κ2) is 5.28. The Balaban J connectivity index is 1.88. The summed E-state index contributed by atoms with van der Waals surface area (Å²) in [7, 11) is 3.13. The Labute approximate surface area is 135 Å². The van der Waals surface area contributed by atoms with Gasteiger partial charge in [0.2, 0.25) is 0 Å². The molecule has 5 nitrogen and oxygen atoms in total. The van der Waals surface area contributed by atoms with Crippen LogP contribution in [-0.4, -0.2) is 49.3 Å². The summed E-state index contributed by atoms with van der Waals surface area (Å²) in [5, 5.41) is 0. The van der Waals surface area contributed by atoms with E-state index in [4.69, 9.17) is 9.47 Å². The topological polar surface area (TPSA) is 51.7 Å². The van der Waals surface area contributed by atoms with Gasteiger partial charge in [-0.25, -0.2) is 9.78 Å². The fourth-order valence-electron chi connectivity index (χ4n) is 4.16. The highest BCUT2D eigenvalue weighted by Crippen LogP contribution is 2.50. The second-order valence-electron chi connectivity index (χ2n) is 6.27. The summed E-state index contributed by atoms with van der Waals surface area (Å²) < 4.78 is 10.5. The van der Waals surface area contributed by atoms with Gasteiger partial charge in [-0.1, -0.05) is 18.2 Å². The van der Waals surface area contributed by atoms with Gasteiger partial charge in [0, 0.05) is 32.8 Å². The van der Waals surface area contributed by atoms with Crippen LogP contribution in [-0.2, 0) is 21.4 Å². The van der Waals surface area contributed by atoms with Crippen molar-refractivity contribution < 1.29 is 14.3 Å². The Morgan fingerprint density at radius 2 is 2.30 bits per heavy atom. The monoisotopic (exact) mass is 312 g/mol. The van der Waals surface area contributed by atoms with Crippen LogP contribution in [0, 0.1) is 0 Å². The van der Waals surface area contributed by atoms with Crippen molar-refractivity contribution in [2.24, 2.45) is 0 Å². The third-order valence-electron chi connectivity index (χ3n) is 5.32. The van der Waals surface area contributed by atoms with Crippen LogP contribution in [0.2, 0.25) is 0 Å². The summed E-state index contributed by atoms with van der Waals surface area (Å²) >= 11 is 0. The molecule has 0 unspecified atom stereocenters. The number of methoxy groups -OCH3 is 2. The first-order valence-electron chi connectivity index (χ1n) is 7.93. The molecule has 5 heteroatoms. The molecule has 1 spiro atoms. The first-order valence-corrected chi connectivity index (χ1v) is 7.93. The molecule has 0 aromatic carbocycles. The van der Waals surface area contributed by atoms with Gasteiger partial charge in [-0.05, 0) is 29.2 Å². The van der Waals surface area contributed by atoms with Gasteiger partial charge >= 0.3 is 5.97 Å². The molecule has 0 fully saturated rings. The number of pyridine rings is 1. The molecular weight excluding hydrogens is 292 g/mol. The number of hydrogen-bond acceptors (Lipinski definition) is 5. The van der Waals surface area contributed by atoms with Crippen LogP contribution in [0.3, 0.4) is 0 Å². The van der Waals surface area contributed by atoms with Gasteiger partial charge in [0.1, 0.15) is 5.69 Å². The molecule has 23 heavy (non-hydrogen) atoms. The Morgan fingerprint density at radius 3 is 3.09 bits per heavy atom. The van der Waals surface area contributed by atoms with Crippen molar-refractivity contribution in [2.75, 3.05) is 27.3 Å². The minimum Gasteiger partial charge on any atom is -0.464 e. The number of fused-ring (bicyclic) bond motifs is 1. The minimum absolute atomic E-state index is 0.0773. The van der Waals surface area contributed by atoms with Crippen LogP contribution in [0.25, 0.3) is 0 Å². The summed E-state index contributed by atoms with van der Waals surface area (Å²) in [5.74, 6) is -0.389. The summed E-state index contributed by atoms with van der Waals surface area (Å²) in [5.41, 5.74) is 3.86. The lowest BCUT2D eigenvalue weighted by atomic mass is 9.71. The number of carbonyl (C=O) groups is 1. The third-order valence-corrected chi connectivity index (χ3v) is 5.32. The molecule has 0 saturated heterocycles. The van der Waals surface area contributed by atoms with E-state index >= 15 is 0 Å². The van der Waals surface area contributed by atoms with Gasteiger partial charge in [0.25, 0.3) is 0 Å². The number of hydrogen-bond donors (Lipinski definition) is 0. The molecular formula is C18H20N2O3. The molecule has 3 aliphatic rings. The van der Waals surface area contributed by atoms with Crippen LogP contribution in [0.4, 0.5) is 0 Å². The molecule has 1 aromatic rings. The maximum atomic E-state index is 11.9. The van der Waals surface area contributed by atoms with E-state index in [1.807, 2.05) is 12.3 Å². The molecule has 4 rings (SSSR count). The highest BCUT2D eigenvalue weighted by molar-refractivity contribution is 5.87. The minimum atomic E-state index is -0.389. The standard InChI is InChI=1S/C18H20N2O3/c1-22-14-4-3-13-6-8-20-7-5-12-11-19-16(17(21)23-2)9-15(12)18(13,20)10-14/h3-4,6,9,11,14H,5,7-8,10H2,1-2H3/t14-,18+/m0/s1. The van der Waals surface area contributed by atoms with Crippen LogP contribution in [0.5, 0.6) is 0 Å². The zero-order chi connectivity index (χ0) is 16.0. The van der Waals surface area contributed by atoms with Crippen LogP contribution in [0.15, 0.2) is 36.1 Å². The fourth-order valence-corrected chi connectivity index (χ4v) is 4.16. The zero-order valence-corrected chi connectivity index (χ0v) is 13.4. The molecule has 0 saturated carbocycles. The third kappa shape index (κ3) is 2.00. The van der Waals surface area contributed by atoms with Gasteiger partial charge in [-0.3, -0.25) is 4.90 Å². The number of esters is 1. The molecule has 2 atom stereocenters. The predicted molar refractivity (Wildman–Crippen MR) is 85.2 cm³/mol. The first-order chi connectivity index (χ1) is 11.2. The van der Waals surface area contributed by atoms with E-state index in [1.165, 1.54) is 23.8 Å². The van der Waals surface area contributed by atoms with E-state index in [9.17, 15) is 4.79 Å². The molecule has 2 aliphatic heterocycles. The van der Waals surface area contributed by atoms with Crippen molar-refractivity contribution in [2.45, 2.75) is 24.5 Å². The molecule has 1 aromatic heterocycles. The van der Waals surface area contributed by atoms with E-state index in [0.717, 1.165) is 25.9 Å². The Kier molecular flexibility index (Phi) is 3.36. The highest BCUT2D eigenvalue weighted by Gasteiger charge is 2.50. The smallest absolute Gasteiger partial charge is 0.356 e. The second-order valence-corrected chi connectivity index (χ2v) is 6.27. The Hall–Kier alpha value is -1.98. The molecule has 1 aliphatic carbocycles. The van der Waals surface area contributed by atoms with Gasteiger partial charge in [-0.15, -0.1) is 0 Å². The van der Waals surface area contributed by atoms with Crippen LogP contribution < -0.4 is 0 Å². The van der Waals surface area contributed by atoms with Gasteiger partial charge in [0.15, 0.2) is 0 Å². The van der Waals surface area contributed by atoms with E-state index < -0.39 is 0 Å². The summed E-state index contributed by atoms with van der Waals surface area (Å²) in [6.45, 7) is 1.93. The number of carbonyl (C=O) groups excluding carboxylic acids is 1. The van der Waals surface area contributed by atoms with Crippen LogP contribution in [0.1, 0.15) is 28.0 Å². The fraction of sp³-hybridized carbons (Fsp3) is 0.444. The van der Waals surface area contributed by atoms with E-state index in [0.29, 0.717) is 5.69 Å². The van der Waals surface area contributed by atoms with E-state index in [-0.39, 0.29) is 17.6 Å². The van der Waals surface area contributed by atoms with Gasteiger partial charge in [-0.2, -0.15) is 0 Å². The molecule has 120 valence electrons. The SMILES string of the molecule is COC(=O)c1cc2c(cn1)CCN1CC=C3C=C[C@H](OC)C[C@@]321. The van der Waals surface area contributed by atoms with Crippen molar-refractivity contribution in [3.05, 3.63) is 52.9 Å². The molecule has 0 amide bonds. The predicted octanol–water partition coefficient (Wildman–Crippen LogP) is 1.84. The Morgan fingerprint density at radius 1 is 1.43 bits per heavy atom. The molecule has 0 bridgehead atoms. The van der Waals surface area contributed by atoms with Crippen molar-refractivity contribution in [3.63, 3.8) is 0 Å². The largest absolute Gasteiger partial charge is 0.464 e. The summed E-state index contributed by atoms with van der Waals surface area (Å²) in [6, 6.07) is 1.92. The quantitative estimate of drug-likeness (QED) is 0.780. The molecule has 0 radical (unpaired) electrons. The average Bonchev–Trinajstić information content (AvgIpc) is 2.99. The molecule has 0 N–H and O–H groups in total. The van der Waals surface area contributed by atoms with Crippen molar-refractivity contribution in [3.8, 4) is 0 Å². The van der Waals surface area contributed by atoms with Crippen molar-refractivity contribution in [1.29, 1.82) is 0 Å². The maximum Gasteiger partial charge on any atom is 0.356 e. The normalized spacial score (nSPS) is 28.6. The summed E-state index contributed by atoms with van der Waals surface area (Å²) in [4.78, 5) is 18.7.